The quantitative estimate of drug-likeness (QED) is 0.201. The van der Waals surface area contributed by atoms with Crippen LogP contribution in [0.4, 0.5) is 11.4 Å². The topological polar surface area (TPSA) is 78.5 Å². The number of carbonyl (C=O) groups excluding carboxylic acids is 2. The van der Waals surface area contributed by atoms with Crippen LogP contribution in [0.3, 0.4) is 0 Å². The van der Waals surface area contributed by atoms with Crippen molar-refractivity contribution >= 4 is 73.7 Å². The third kappa shape index (κ3) is 7.26. The van der Waals surface area contributed by atoms with Gasteiger partial charge in [0.1, 0.15) is 0 Å². The molecule has 0 aliphatic heterocycles. The van der Waals surface area contributed by atoms with E-state index >= 15 is 0 Å². The van der Waals surface area contributed by atoms with Crippen LogP contribution in [-0.2, 0) is 11.0 Å². The van der Waals surface area contributed by atoms with E-state index in [-0.39, 0.29) is 11.5 Å². The summed E-state index contributed by atoms with van der Waals surface area (Å²) >= 11 is 10.8. The van der Waals surface area contributed by atoms with Crippen molar-refractivity contribution in [3.63, 3.8) is 0 Å². The summed E-state index contributed by atoms with van der Waals surface area (Å²) in [4.78, 5) is 27.5. The smallest absolute Gasteiger partial charge is 0.265 e. The molecule has 4 aromatic carbocycles. The van der Waals surface area contributed by atoms with Gasteiger partial charge in [-0.1, -0.05) is 51.3 Å². The largest absolute Gasteiger partial charge is 0.321 e. The van der Waals surface area contributed by atoms with Crippen molar-refractivity contribution in [2.24, 2.45) is 0 Å². The number of halogens is 2. The lowest BCUT2D eigenvalue weighted by Crippen LogP contribution is -2.27. The van der Waals surface area contributed by atoms with Crippen LogP contribution in [-0.4, -0.2) is 23.1 Å². The minimum absolute atomic E-state index is 0.182. The Morgan fingerprint density at radius 2 is 1.63 bits per heavy atom. The number of hydrogen-bond acceptors (Lipinski definition) is 5. The molecule has 10 heteroatoms. The van der Waals surface area contributed by atoms with Crippen LogP contribution in [0.25, 0.3) is 0 Å². The zero-order chi connectivity index (χ0) is 27.2. The van der Waals surface area contributed by atoms with Crippen molar-refractivity contribution in [1.82, 2.24) is 4.72 Å². The first-order chi connectivity index (χ1) is 18.2. The molecule has 0 bridgehead atoms. The molecule has 1 unspecified atom stereocenters. The number of aryl methyl sites for hydroxylation is 1. The standard InChI is InChI=1S/C28H23BrClN3O3S2/c1-18-6-13-24(14-7-18)38(36)32-28(35)25-17-20(29)8-15-26(25)31-27(34)19-4-3-5-23(16-19)37-33(2)22-11-9-21(30)10-12-22/h3-17H,1-2H3,(H,31,34)(H,32,35). The van der Waals surface area contributed by atoms with Crippen LogP contribution in [0.1, 0.15) is 26.3 Å². The fourth-order valence-corrected chi connectivity index (χ4v) is 5.55. The van der Waals surface area contributed by atoms with Gasteiger partial charge in [-0.3, -0.25) is 14.3 Å². The zero-order valence-corrected chi connectivity index (χ0v) is 24.4. The number of nitrogens with one attached hydrogen (secondary N) is 2. The normalized spacial score (nSPS) is 11.5. The Kier molecular flexibility index (Phi) is 9.27. The molecule has 2 amide bonds. The Labute approximate surface area is 241 Å². The third-order valence-corrected chi connectivity index (χ3v) is 8.19. The highest BCUT2D eigenvalue weighted by Crippen LogP contribution is 2.29. The summed E-state index contributed by atoms with van der Waals surface area (Å²) in [5.41, 5.74) is 2.89. The molecule has 0 fully saturated rings. The second-order valence-corrected chi connectivity index (χ2v) is 12.0. The van der Waals surface area contributed by atoms with Crippen LogP contribution in [0.15, 0.2) is 105 Å². The molecular weight excluding hydrogens is 606 g/mol. The first-order valence-corrected chi connectivity index (χ1v) is 14.5. The average molecular weight is 629 g/mol. The molecule has 0 spiro atoms. The Balaban J connectivity index is 1.49. The van der Waals surface area contributed by atoms with E-state index in [0.29, 0.717) is 25.6 Å². The van der Waals surface area contributed by atoms with Gasteiger partial charge in [0.05, 0.1) is 16.1 Å². The molecule has 0 aliphatic carbocycles. The van der Waals surface area contributed by atoms with Crippen LogP contribution in [0, 0.1) is 6.92 Å². The minimum Gasteiger partial charge on any atom is -0.321 e. The number of rotatable bonds is 8. The minimum atomic E-state index is -1.75. The molecule has 0 saturated carbocycles. The van der Waals surface area contributed by atoms with Crippen LogP contribution < -0.4 is 14.3 Å². The molecule has 0 saturated heterocycles. The van der Waals surface area contributed by atoms with E-state index in [2.05, 4.69) is 26.0 Å². The second kappa shape index (κ2) is 12.6. The first-order valence-electron chi connectivity index (χ1n) is 11.4. The van der Waals surface area contributed by atoms with E-state index in [1.54, 1.807) is 48.5 Å². The Morgan fingerprint density at radius 3 is 2.34 bits per heavy atom. The molecule has 4 rings (SSSR count). The second-order valence-electron chi connectivity index (χ2n) is 8.25. The van der Waals surface area contributed by atoms with E-state index in [4.69, 9.17) is 11.6 Å². The van der Waals surface area contributed by atoms with Gasteiger partial charge in [-0.2, -0.15) is 0 Å². The van der Waals surface area contributed by atoms with Gasteiger partial charge in [-0.25, -0.2) is 4.21 Å². The Bertz CT molecular complexity index is 1500. The maximum atomic E-state index is 13.1. The fraction of sp³-hybridized carbons (Fsp3) is 0.0714. The highest BCUT2D eigenvalue weighted by atomic mass is 79.9. The maximum Gasteiger partial charge on any atom is 0.265 e. The summed E-state index contributed by atoms with van der Waals surface area (Å²) in [5.74, 6) is -0.952. The van der Waals surface area contributed by atoms with E-state index < -0.39 is 16.9 Å². The van der Waals surface area contributed by atoms with E-state index in [1.807, 2.05) is 60.7 Å². The molecule has 0 heterocycles. The van der Waals surface area contributed by atoms with E-state index in [0.717, 1.165) is 16.1 Å². The molecule has 0 aromatic heterocycles. The molecular formula is C28H23BrClN3O3S2. The average Bonchev–Trinajstić information content (AvgIpc) is 2.90. The molecule has 4 aromatic rings. The van der Waals surface area contributed by atoms with Crippen molar-refractivity contribution in [3.8, 4) is 0 Å². The Morgan fingerprint density at radius 1 is 0.921 bits per heavy atom. The van der Waals surface area contributed by atoms with Gasteiger partial charge in [0.25, 0.3) is 11.8 Å². The monoisotopic (exact) mass is 627 g/mol. The van der Waals surface area contributed by atoms with Crippen molar-refractivity contribution < 1.29 is 13.8 Å². The number of carbonyl (C=O) groups is 2. The van der Waals surface area contributed by atoms with Crippen molar-refractivity contribution in [1.29, 1.82) is 0 Å². The highest BCUT2D eigenvalue weighted by molar-refractivity contribution is 9.10. The van der Waals surface area contributed by atoms with Gasteiger partial charge < -0.3 is 9.62 Å². The van der Waals surface area contributed by atoms with Gasteiger partial charge in [0.2, 0.25) is 0 Å². The van der Waals surface area contributed by atoms with Gasteiger partial charge >= 0.3 is 0 Å². The van der Waals surface area contributed by atoms with Gasteiger partial charge in [0.15, 0.2) is 11.0 Å². The van der Waals surface area contributed by atoms with Crippen molar-refractivity contribution in [2.75, 3.05) is 16.7 Å². The molecule has 0 radical (unpaired) electrons. The summed E-state index contributed by atoms with van der Waals surface area (Å²) in [7, 11) is 0.170. The number of hydrogen-bond donors (Lipinski definition) is 2. The molecule has 194 valence electrons. The first kappa shape index (κ1) is 27.9. The predicted octanol–water partition coefficient (Wildman–Crippen LogP) is 7.26. The lowest BCUT2D eigenvalue weighted by Gasteiger charge is -2.18. The van der Waals surface area contributed by atoms with E-state index in [1.165, 1.54) is 11.9 Å². The summed E-state index contributed by atoms with van der Waals surface area (Å²) in [6.07, 6.45) is 0. The molecule has 6 nitrogen and oxygen atoms in total. The molecule has 2 N–H and O–H groups in total. The van der Waals surface area contributed by atoms with Crippen LogP contribution in [0.5, 0.6) is 0 Å². The molecule has 1 atom stereocenters. The molecule has 0 aliphatic rings. The van der Waals surface area contributed by atoms with Crippen molar-refractivity contribution in [3.05, 3.63) is 117 Å². The zero-order valence-electron chi connectivity index (χ0n) is 20.4. The summed E-state index contributed by atoms with van der Waals surface area (Å²) < 4.78 is 17.8. The van der Waals surface area contributed by atoms with Crippen LogP contribution >= 0.6 is 39.5 Å². The third-order valence-electron chi connectivity index (χ3n) is 5.42. The molecule has 38 heavy (non-hydrogen) atoms. The van der Waals surface area contributed by atoms with Gasteiger partial charge in [0, 0.05) is 32.7 Å². The maximum absolute atomic E-state index is 13.1. The fourth-order valence-electron chi connectivity index (χ4n) is 3.42. The SMILES string of the molecule is Cc1ccc(S(=O)NC(=O)c2cc(Br)ccc2NC(=O)c2cccc(SN(C)c3ccc(Cl)cc3)c2)cc1. The van der Waals surface area contributed by atoms with Gasteiger partial charge in [-0.15, -0.1) is 0 Å². The summed E-state index contributed by atoms with van der Waals surface area (Å²) in [5, 5.41) is 3.48. The van der Waals surface area contributed by atoms with Crippen molar-refractivity contribution in [2.45, 2.75) is 16.7 Å². The predicted molar refractivity (Wildman–Crippen MR) is 159 cm³/mol. The lowest BCUT2D eigenvalue weighted by molar-refractivity contribution is 0.0983. The Hall–Kier alpha value is -3.11. The van der Waals surface area contributed by atoms with Crippen LogP contribution in [0.2, 0.25) is 5.02 Å². The number of amides is 2. The summed E-state index contributed by atoms with van der Waals surface area (Å²) in [6.45, 7) is 1.92. The summed E-state index contributed by atoms with van der Waals surface area (Å²) in [6, 6.07) is 26.6. The van der Waals surface area contributed by atoms with E-state index in [9.17, 15) is 13.8 Å². The highest BCUT2D eigenvalue weighted by Gasteiger charge is 2.18. The lowest BCUT2D eigenvalue weighted by atomic mass is 10.1. The number of anilines is 2. The number of benzene rings is 4. The number of nitrogens with zero attached hydrogens (tertiary/aromatic N) is 1. The van der Waals surface area contributed by atoms with Gasteiger partial charge in [-0.05, 0) is 91.7 Å².